The largest absolute Gasteiger partial charge is 0.346 e. The molecule has 1 N–H and O–H groups in total. The van der Waals surface area contributed by atoms with Gasteiger partial charge in [-0.05, 0) is 49.2 Å². The molecule has 0 saturated carbocycles. The first-order chi connectivity index (χ1) is 14.5. The summed E-state index contributed by atoms with van der Waals surface area (Å²) in [6.45, 7) is 5.94. The second-order valence-electron chi connectivity index (χ2n) is 7.08. The van der Waals surface area contributed by atoms with Gasteiger partial charge in [0, 0.05) is 29.9 Å². The van der Waals surface area contributed by atoms with Crippen LogP contribution in [0.4, 0.5) is 5.69 Å². The van der Waals surface area contributed by atoms with Crippen LogP contribution < -0.4 is 5.32 Å². The number of carbonyl (C=O) groups is 1. The van der Waals surface area contributed by atoms with Crippen LogP contribution in [0, 0.1) is 0 Å². The van der Waals surface area contributed by atoms with Gasteiger partial charge in [-0.3, -0.25) is 4.79 Å². The molecule has 0 atom stereocenters. The molecule has 0 aromatic heterocycles. The predicted octanol–water partition coefficient (Wildman–Crippen LogP) is 3.80. The van der Waals surface area contributed by atoms with Crippen LogP contribution in [-0.4, -0.2) is 44.9 Å². The highest BCUT2D eigenvalue weighted by atomic mass is 32.2. The third kappa shape index (κ3) is 5.26. The molecule has 0 unspecified atom stereocenters. The molecule has 0 aliphatic carbocycles. The Kier molecular flexibility index (Phi) is 7.60. The lowest BCUT2D eigenvalue weighted by Gasteiger charge is -2.21. The molecule has 162 valence electrons. The van der Waals surface area contributed by atoms with Crippen molar-refractivity contribution in [3.63, 3.8) is 0 Å². The van der Waals surface area contributed by atoms with Crippen molar-refractivity contribution in [2.75, 3.05) is 31.6 Å². The van der Waals surface area contributed by atoms with Gasteiger partial charge in [-0.15, -0.1) is 0 Å². The highest BCUT2D eigenvalue weighted by Crippen LogP contribution is 2.25. The van der Waals surface area contributed by atoms with Gasteiger partial charge in [0.05, 0.1) is 18.1 Å². The monoisotopic (exact) mass is 432 g/mol. The van der Waals surface area contributed by atoms with Crippen molar-refractivity contribution in [3.05, 3.63) is 59.7 Å². The van der Waals surface area contributed by atoms with E-state index in [1.165, 1.54) is 28.6 Å². The summed E-state index contributed by atoms with van der Waals surface area (Å²) in [5.74, 6) is -0.316. The summed E-state index contributed by atoms with van der Waals surface area (Å²) in [5, 5.41) is 2.83. The maximum Gasteiger partial charge on any atom is 0.255 e. The van der Waals surface area contributed by atoms with E-state index in [4.69, 9.17) is 9.47 Å². The summed E-state index contributed by atoms with van der Waals surface area (Å²) in [5.41, 5.74) is 1.83. The van der Waals surface area contributed by atoms with Gasteiger partial charge in [0.1, 0.15) is 0 Å². The molecule has 30 heavy (non-hydrogen) atoms. The van der Waals surface area contributed by atoms with Crippen LogP contribution in [0.1, 0.15) is 48.9 Å². The Morgan fingerprint density at radius 1 is 1.03 bits per heavy atom. The Labute approximate surface area is 178 Å². The highest BCUT2D eigenvalue weighted by molar-refractivity contribution is 7.89. The summed E-state index contributed by atoms with van der Waals surface area (Å²) in [4.78, 5) is 12.8. The van der Waals surface area contributed by atoms with E-state index in [0.29, 0.717) is 37.6 Å². The number of carbonyl (C=O) groups excluding carboxylic acids is 1. The standard InChI is InChI=1S/C22H28N2O5S/c1-3-12-24(13-4-2)30(26,27)20-10-8-17(9-11-20)21(25)23-19-7-5-6-18(16-19)22-28-14-15-29-22/h5-11,16,22H,3-4,12-15H2,1-2H3,(H,23,25). The number of rotatable bonds is 9. The Morgan fingerprint density at radius 3 is 2.27 bits per heavy atom. The van der Waals surface area contributed by atoms with Gasteiger partial charge in [-0.1, -0.05) is 26.0 Å². The second kappa shape index (κ2) is 10.2. The van der Waals surface area contributed by atoms with Crippen LogP contribution in [0.25, 0.3) is 0 Å². The fourth-order valence-corrected chi connectivity index (χ4v) is 4.92. The molecule has 7 nitrogen and oxygen atoms in total. The van der Waals surface area contributed by atoms with Crippen molar-refractivity contribution in [2.24, 2.45) is 0 Å². The van der Waals surface area contributed by atoms with Gasteiger partial charge in [-0.25, -0.2) is 8.42 Å². The molecule has 2 aromatic rings. The predicted molar refractivity (Wildman–Crippen MR) is 115 cm³/mol. The Balaban J connectivity index is 1.71. The second-order valence-corrected chi connectivity index (χ2v) is 9.02. The van der Waals surface area contributed by atoms with E-state index in [1.807, 2.05) is 26.0 Å². The number of nitrogens with zero attached hydrogens (tertiary/aromatic N) is 1. The van der Waals surface area contributed by atoms with Crippen LogP contribution in [0.5, 0.6) is 0 Å². The molecule has 1 aliphatic rings. The van der Waals surface area contributed by atoms with Crippen molar-refractivity contribution in [3.8, 4) is 0 Å². The van der Waals surface area contributed by atoms with Gasteiger partial charge >= 0.3 is 0 Å². The zero-order chi connectivity index (χ0) is 21.6. The summed E-state index contributed by atoms with van der Waals surface area (Å²) < 4.78 is 38.2. The topological polar surface area (TPSA) is 84.9 Å². The first-order valence-electron chi connectivity index (χ1n) is 10.2. The van der Waals surface area contributed by atoms with Crippen LogP contribution in [0.15, 0.2) is 53.4 Å². The summed E-state index contributed by atoms with van der Waals surface area (Å²) >= 11 is 0. The van der Waals surface area contributed by atoms with Crippen LogP contribution in [0.2, 0.25) is 0 Å². The number of benzene rings is 2. The van der Waals surface area contributed by atoms with E-state index in [1.54, 1.807) is 12.1 Å². The minimum atomic E-state index is -3.57. The van der Waals surface area contributed by atoms with Crippen molar-refractivity contribution >= 4 is 21.6 Å². The number of hydrogen-bond donors (Lipinski definition) is 1. The molecular formula is C22H28N2O5S. The van der Waals surface area contributed by atoms with E-state index < -0.39 is 16.3 Å². The van der Waals surface area contributed by atoms with Crippen LogP contribution in [-0.2, 0) is 19.5 Å². The molecule has 8 heteroatoms. The van der Waals surface area contributed by atoms with Crippen LogP contribution >= 0.6 is 0 Å². The van der Waals surface area contributed by atoms with E-state index in [2.05, 4.69) is 5.32 Å². The van der Waals surface area contributed by atoms with E-state index in [9.17, 15) is 13.2 Å². The number of hydrogen-bond acceptors (Lipinski definition) is 5. The van der Waals surface area contributed by atoms with Gasteiger partial charge < -0.3 is 14.8 Å². The summed E-state index contributed by atoms with van der Waals surface area (Å²) in [6, 6.07) is 13.3. The van der Waals surface area contributed by atoms with Gasteiger partial charge in [-0.2, -0.15) is 4.31 Å². The minimum Gasteiger partial charge on any atom is -0.346 e. The van der Waals surface area contributed by atoms with Crippen molar-refractivity contribution in [1.29, 1.82) is 0 Å². The van der Waals surface area contributed by atoms with Gasteiger partial charge in [0.2, 0.25) is 10.0 Å². The number of ether oxygens (including phenoxy) is 2. The van der Waals surface area contributed by atoms with Crippen molar-refractivity contribution in [2.45, 2.75) is 37.9 Å². The lowest BCUT2D eigenvalue weighted by Crippen LogP contribution is -2.32. The maximum absolute atomic E-state index is 12.8. The molecule has 0 radical (unpaired) electrons. The van der Waals surface area contributed by atoms with E-state index >= 15 is 0 Å². The fourth-order valence-electron chi connectivity index (χ4n) is 3.30. The zero-order valence-electron chi connectivity index (χ0n) is 17.3. The van der Waals surface area contributed by atoms with Crippen molar-refractivity contribution in [1.82, 2.24) is 4.31 Å². The molecule has 1 aliphatic heterocycles. The fraction of sp³-hybridized carbons (Fsp3) is 0.409. The molecule has 1 fully saturated rings. The quantitative estimate of drug-likeness (QED) is 0.652. The molecule has 1 saturated heterocycles. The molecule has 2 aromatic carbocycles. The maximum atomic E-state index is 12.8. The van der Waals surface area contributed by atoms with Crippen LogP contribution in [0.3, 0.4) is 0 Å². The Morgan fingerprint density at radius 2 is 1.67 bits per heavy atom. The SMILES string of the molecule is CCCN(CCC)S(=O)(=O)c1ccc(C(=O)Nc2cccc(C3OCCO3)c2)cc1. The molecule has 1 amide bonds. The third-order valence-electron chi connectivity index (χ3n) is 4.74. The molecule has 3 rings (SSSR count). The van der Waals surface area contributed by atoms with E-state index in [0.717, 1.165) is 18.4 Å². The Hall–Kier alpha value is -2.26. The first-order valence-corrected chi connectivity index (χ1v) is 11.6. The third-order valence-corrected chi connectivity index (χ3v) is 6.65. The summed E-state index contributed by atoms with van der Waals surface area (Å²) in [6.07, 6.45) is 1.08. The normalized spacial score (nSPS) is 14.9. The lowest BCUT2D eigenvalue weighted by atomic mass is 10.1. The molecule has 1 heterocycles. The van der Waals surface area contributed by atoms with Crippen molar-refractivity contribution < 1.29 is 22.7 Å². The molecule has 0 bridgehead atoms. The Bertz CT molecular complexity index is 948. The molecule has 0 spiro atoms. The highest BCUT2D eigenvalue weighted by Gasteiger charge is 2.23. The summed E-state index contributed by atoms with van der Waals surface area (Å²) in [7, 11) is -3.57. The average Bonchev–Trinajstić information content (AvgIpc) is 3.29. The number of nitrogens with one attached hydrogen (secondary N) is 1. The minimum absolute atomic E-state index is 0.193. The molecular weight excluding hydrogens is 404 g/mol. The van der Waals surface area contributed by atoms with Gasteiger partial charge in [0.15, 0.2) is 6.29 Å². The number of sulfonamides is 1. The lowest BCUT2D eigenvalue weighted by molar-refractivity contribution is -0.0440. The zero-order valence-corrected chi connectivity index (χ0v) is 18.2. The van der Waals surface area contributed by atoms with Gasteiger partial charge in [0.25, 0.3) is 5.91 Å². The smallest absolute Gasteiger partial charge is 0.255 e. The average molecular weight is 433 g/mol. The van der Waals surface area contributed by atoms with E-state index in [-0.39, 0.29) is 10.8 Å². The first kappa shape index (κ1) is 22.4. The number of anilines is 1. The number of amides is 1.